The molecule has 0 aliphatic carbocycles. The number of benzene rings is 2. The van der Waals surface area contributed by atoms with Gasteiger partial charge < -0.3 is 20.1 Å². The van der Waals surface area contributed by atoms with E-state index in [1.165, 1.54) is 26.4 Å². The van der Waals surface area contributed by atoms with Crippen LogP contribution in [0.5, 0.6) is 11.5 Å². The number of methoxy groups -OCH3 is 2. The highest BCUT2D eigenvalue weighted by molar-refractivity contribution is 7.80. The number of hydrogen-bond acceptors (Lipinski definition) is 3. The van der Waals surface area contributed by atoms with Crippen LogP contribution in [0.15, 0.2) is 36.4 Å². The number of ether oxygens (including phenoxy) is 2. The molecule has 0 saturated carbocycles. The van der Waals surface area contributed by atoms with E-state index >= 15 is 0 Å². The topological polar surface area (TPSA) is 42.5 Å². The maximum Gasteiger partial charge on any atom is 0.416 e. The van der Waals surface area contributed by atoms with E-state index in [0.717, 1.165) is 17.7 Å². The zero-order valence-corrected chi connectivity index (χ0v) is 14.6. The zero-order chi connectivity index (χ0) is 18.6. The molecule has 0 unspecified atom stereocenters. The molecule has 0 atom stereocenters. The van der Waals surface area contributed by atoms with Crippen molar-refractivity contribution in [3.05, 3.63) is 47.5 Å². The summed E-state index contributed by atoms with van der Waals surface area (Å²) in [6, 6.07) is 8.29. The fourth-order valence-corrected chi connectivity index (χ4v) is 2.40. The smallest absolute Gasteiger partial charge is 0.416 e. The van der Waals surface area contributed by atoms with Crippen molar-refractivity contribution in [1.29, 1.82) is 0 Å². The van der Waals surface area contributed by atoms with Crippen LogP contribution in [-0.4, -0.2) is 19.3 Å². The van der Waals surface area contributed by atoms with Gasteiger partial charge in [-0.15, -0.1) is 0 Å². The third kappa shape index (κ3) is 4.76. The van der Waals surface area contributed by atoms with Crippen molar-refractivity contribution in [2.75, 3.05) is 24.9 Å². The quantitative estimate of drug-likeness (QED) is 0.754. The minimum absolute atomic E-state index is 0.162. The number of halogens is 3. The predicted octanol–water partition coefficient (Wildman–Crippen LogP) is 4.84. The molecule has 0 saturated heterocycles. The number of thiocarbonyl (C=S) groups is 1. The average molecular weight is 370 g/mol. The second-order valence-corrected chi connectivity index (χ2v) is 5.59. The molecule has 25 heavy (non-hydrogen) atoms. The van der Waals surface area contributed by atoms with Gasteiger partial charge in [0.2, 0.25) is 0 Å². The Morgan fingerprint density at radius 2 is 1.64 bits per heavy atom. The minimum Gasteiger partial charge on any atom is -0.493 e. The molecule has 0 bridgehead atoms. The Morgan fingerprint density at radius 3 is 2.24 bits per heavy atom. The Hall–Kier alpha value is -2.48. The van der Waals surface area contributed by atoms with Crippen molar-refractivity contribution in [2.45, 2.75) is 13.1 Å². The Morgan fingerprint density at radius 1 is 1.00 bits per heavy atom. The van der Waals surface area contributed by atoms with Crippen molar-refractivity contribution in [2.24, 2.45) is 0 Å². The minimum atomic E-state index is -4.41. The van der Waals surface area contributed by atoms with Gasteiger partial charge in [-0.25, -0.2) is 0 Å². The second kappa shape index (κ2) is 7.60. The van der Waals surface area contributed by atoms with Gasteiger partial charge in [-0.05, 0) is 49.0 Å². The normalized spacial score (nSPS) is 11.0. The number of rotatable bonds is 4. The second-order valence-electron chi connectivity index (χ2n) is 5.18. The van der Waals surface area contributed by atoms with Gasteiger partial charge in [0.1, 0.15) is 0 Å². The Bertz CT molecular complexity index is 779. The van der Waals surface area contributed by atoms with Crippen molar-refractivity contribution in [1.82, 2.24) is 0 Å². The molecule has 2 aromatic rings. The molecule has 4 nitrogen and oxygen atoms in total. The van der Waals surface area contributed by atoms with E-state index in [9.17, 15) is 13.2 Å². The summed E-state index contributed by atoms with van der Waals surface area (Å²) in [5.41, 5.74) is 0.987. The molecule has 0 aliphatic rings. The van der Waals surface area contributed by atoms with Crippen LogP contribution in [0.25, 0.3) is 0 Å². The molecular weight excluding hydrogens is 353 g/mol. The van der Waals surface area contributed by atoms with Crippen LogP contribution in [0, 0.1) is 6.92 Å². The molecule has 0 radical (unpaired) electrons. The highest BCUT2D eigenvalue weighted by Crippen LogP contribution is 2.33. The first-order valence-electron chi connectivity index (χ1n) is 7.22. The molecule has 134 valence electrons. The first-order chi connectivity index (χ1) is 11.7. The highest BCUT2D eigenvalue weighted by atomic mass is 32.1. The van der Waals surface area contributed by atoms with Gasteiger partial charge in [0.15, 0.2) is 16.6 Å². The van der Waals surface area contributed by atoms with Crippen LogP contribution >= 0.6 is 12.2 Å². The number of alkyl halides is 3. The largest absolute Gasteiger partial charge is 0.493 e. The van der Waals surface area contributed by atoms with Crippen molar-refractivity contribution < 1.29 is 22.6 Å². The molecular formula is C17H17F3N2O2S. The third-order valence-electron chi connectivity index (χ3n) is 3.43. The lowest BCUT2D eigenvalue weighted by atomic mass is 10.1. The fraction of sp³-hybridized carbons (Fsp3) is 0.235. The molecule has 2 N–H and O–H groups in total. The summed E-state index contributed by atoms with van der Waals surface area (Å²) >= 11 is 5.18. The molecule has 8 heteroatoms. The lowest BCUT2D eigenvalue weighted by Crippen LogP contribution is -2.20. The molecule has 2 rings (SSSR count). The molecule has 0 heterocycles. The van der Waals surface area contributed by atoms with Gasteiger partial charge >= 0.3 is 6.18 Å². The number of anilines is 2. The van der Waals surface area contributed by atoms with Crippen LogP contribution < -0.4 is 20.1 Å². The Labute approximate surface area is 148 Å². The van der Waals surface area contributed by atoms with Crippen molar-refractivity contribution in [3.8, 4) is 11.5 Å². The zero-order valence-electron chi connectivity index (χ0n) is 13.8. The molecule has 0 fully saturated rings. The highest BCUT2D eigenvalue weighted by Gasteiger charge is 2.30. The van der Waals surface area contributed by atoms with E-state index in [1.54, 1.807) is 12.1 Å². The molecule has 0 spiro atoms. The van der Waals surface area contributed by atoms with Gasteiger partial charge in [0, 0.05) is 17.4 Å². The van der Waals surface area contributed by atoms with Gasteiger partial charge in [-0.3, -0.25) is 0 Å². The van der Waals surface area contributed by atoms with Crippen LogP contribution in [-0.2, 0) is 6.18 Å². The molecule has 0 aromatic heterocycles. The summed E-state index contributed by atoms with van der Waals surface area (Å²) < 4.78 is 48.7. The van der Waals surface area contributed by atoms with E-state index in [-0.39, 0.29) is 10.8 Å². The summed E-state index contributed by atoms with van der Waals surface area (Å²) in [6.45, 7) is 1.84. The lowest BCUT2D eigenvalue weighted by Gasteiger charge is -2.16. The molecule has 0 amide bonds. The standard InChI is InChI=1S/C17H17F3N2O2S/c1-10-7-14(23-2)15(24-3)9-13(10)22-16(25)21-12-6-4-5-11(8-12)17(18,19)20/h4-9H,1-3H3,(H2,21,22,25). The van der Waals surface area contributed by atoms with Crippen LogP contribution in [0.1, 0.15) is 11.1 Å². The molecule has 0 aliphatic heterocycles. The van der Waals surface area contributed by atoms with E-state index < -0.39 is 11.7 Å². The first-order valence-corrected chi connectivity index (χ1v) is 7.63. The number of nitrogens with one attached hydrogen (secondary N) is 2. The van der Waals surface area contributed by atoms with Crippen molar-refractivity contribution in [3.63, 3.8) is 0 Å². The van der Waals surface area contributed by atoms with Gasteiger partial charge in [0.25, 0.3) is 0 Å². The monoisotopic (exact) mass is 370 g/mol. The van der Waals surface area contributed by atoms with E-state index in [0.29, 0.717) is 17.2 Å². The maximum absolute atomic E-state index is 12.8. The van der Waals surface area contributed by atoms with E-state index in [1.807, 2.05) is 6.92 Å². The number of aryl methyl sites for hydroxylation is 1. The van der Waals surface area contributed by atoms with E-state index in [2.05, 4.69) is 10.6 Å². The summed E-state index contributed by atoms with van der Waals surface area (Å²) in [5, 5.41) is 5.85. The van der Waals surface area contributed by atoms with Crippen LogP contribution in [0.3, 0.4) is 0 Å². The van der Waals surface area contributed by atoms with E-state index in [4.69, 9.17) is 21.7 Å². The predicted molar refractivity (Wildman–Crippen MR) is 95.6 cm³/mol. The first kappa shape index (κ1) is 18.9. The Kier molecular flexibility index (Phi) is 5.73. The average Bonchev–Trinajstić information content (AvgIpc) is 2.55. The summed E-state index contributed by atoms with van der Waals surface area (Å²) in [5.74, 6) is 1.08. The van der Waals surface area contributed by atoms with Gasteiger partial charge in [-0.2, -0.15) is 13.2 Å². The maximum atomic E-state index is 12.8. The van der Waals surface area contributed by atoms with Gasteiger partial charge in [-0.1, -0.05) is 6.07 Å². The summed E-state index contributed by atoms with van der Waals surface area (Å²) in [7, 11) is 3.04. The van der Waals surface area contributed by atoms with Crippen molar-refractivity contribution >= 4 is 28.7 Å². The number of hydrogen-bond donors (Lipinski definition) is 2. The molecule has 2 aromatic carbocycles. The van der Waals surface area contributed by atoms with Crippen LogP contribution in [0.2, 0.25) is 0 Å². The summed E-state index contributed by atoms with van der Waals surface area (Å²) in [4.78, 5) is 0. The fourth-order valence-electron chi connectivity index (χ4n) is 2.17. The SMILES string of the molecule is COc1cc(C)c(NC(=S)Nc2cccc(C(F)(F)F)c2)cc1OC. The lowest BCUT2D eigenvalue weighted by molar-refractivity contribution is -0.137. The Balaban J connectivity index is 2.16. The van der Waals surface area contributed by atoms with Gasteiger partial charge in [0.05, 0.1) is 19.8 Å². The van der Waals surface area contributed by atoms with Crippen LogP contribution in [0.4, 0.5) is 24.5 Å². The third-order valence-corrected chi connectivity index (χ3v) is 3.63. The summed E-state index contributed by atoms with van der Waals surface area (Å²) in [6.07, 6.45) is -4.41.